The topological polar surface area (TPSA) is 22.1 Å². The van der Waals surface area contributed by atoms with Crippen LogP contribution in [0.5, 0.6) is 0 Å². The summed E-state index contributed by atoms with van der Waals surface area (Å²) in [6.07, 6.45) is 3.47. The summed E-state index contributed by atoms with van der Waals surface area (Å²) in [7, 11) is 0. The van der Waals surface area contributed by atoms with Crippen molar-refractivity contribution in [2.24, 2.45) is 0 Å². The first-order valence-electron chi connectivity index (χ1n) is 3.96. The molecule has 0 aliphatic heterocycles. The number of rotatable bonds is 4. The maximum atomic E-state index is 6.03. The highest BCUT2D eigenvalue weighted by atomic mass is 35.5. The zero-order valence-corrected chi connectivity index (χ0v) is 9.02. The zero-order chi connectivity index (χ0) is 8.81. The lowest BCUT2D eigenvalue weighted by Gasteiger charge is -2.08. The molecule has 0 saturated carbocycles. The molecule has 1 rings (SSSR count). The molecule has 0 radical (unpaired) electrons. The van der Waals surface area contributed by atoms with Crippen LogP contribution < -0.4 is 0 Å². The number of ether oxygens (including phenoxy) is 1. The van der Waals surface area contributed by atoms with Crippen molar-refractivity contribution >= 4 is 24.0 Å². The number of alkyl halides is 1. The fourth-order valence-corrected chi connectivity index (χ4v) is 1.12. The number of hydrogen-bond acceptors (Lipinski definition) is 2. The molecule has 1 aromatic rings. The van der Waals surface area contributed by atoms with Gasteiger partial charge in [-0.3, -0.25) is 4.98 Å². The molecule has 1 unspecified atom stereocenters. The quantitative estimate of drug-likeness (QED) is 0.730. The molecule has 4 heteroatoms. The van der Waals surface area contributed by atoms with Gasteiger partial charge < -0.3 is 4.74 Å². The SMILES string of the molecule is CCOCC(Cl)c1ccncc1.Cl. The third kappa shape index (κ3) is 4.46. The highest BCUT2D eigenvalue weighted by molar-refractivity contribution is 6.20. The maximum absolute atomic E-state index is 6.03. The summed E-state index contributed by atoms with van der Waals surface area (Å²) in [4.78, 5) is 3.91. The lowest BCUT2D eigenvalue weighted by atomic mass is 10.2. The Morgan fingerprint density at radius 1 is 1.46 bits per heavy atom. The first kappa shape index (κ1) is 12.7. The van der Waals surface area contributed by atoms with Gasteiger partial charge in [0.2, 0.25) is 0 Å². The van der Waals surface area contributed by atoms with Crippen LogP contribution >= 0.6 is 24.0 Å². The molecule has 0 aromatic carbocycles. The summed E-state index contributed by atoms with van der Waals surface area (Å²) in [5, 5.41) is -0.0621. The second-order valence-electron chi connectivity index (χ2n) is 2.41. The number of hydrogen-bond donors (Lipinski definition) is 0. The lowest BCUT2D eigenvalue weighted by Crippen LogP contribution is -2.01. The van der Waals surface area contributed by atoms with E-state index < -0.39 is 0 Å². The van der Waals surface area contributed by atoms with E-state index in [-0.39, 0.29) is 17.8 Å². The highest BCUT2D eigenvalue weighted by Crippen LogP contribution is 2.19. The van der Waals surface area contributed by atoms with Gasteiger partial charge in [0, 0.05) is 19.0 Å². The van der Waals surface area contributed by atoms with Crippen molar-refractivity contribution in [1.82, 2.24) is 4.98 Å². The Morgan fingerprint density at radius 2 is 2.08 bits per heavy atom. The molecule has 13 heavy (non-hydrogen) atoms. The summed E-state index contributed by atoms with van der Waals surface area (Å²) < 4.78 is 5.20. The number of nitrogens with zero attached hydrogens (tertiary/aromatic N) is 1. The lowest BCUT2D eigenvalue weighted by molar-refractivity contribution is 0.147. The van der Waals surface area contributed by atoms with Crippen molar-refractivity contribution in [2.45, 2.75) is 12.3 Å². The summed E-state index contributed by atoms with van der Waals surface area (Å²) in [6, 6.07) is 3.80. The van der Waals surface area contributed by atoms with Crippen molar-refractivity contribution in [1.29, 1.82) is 0 Å². The normalized spacial score (nSPS) is 11.8. The molecular formula is C9H13Cl2NO. The highest BCUT2D eigenvalue weighted by Gasteiger charge is 2.05. The van der Waals surface area contributed by atoms with E-state index in [0.717, 1.165) is 5.56 Å². The van der Waals surface area contributed by atoms with Crippen LogP contribution in [0.15, 0.2) is 24.5 Å². The molecule has 1 heterocycles. The van der Waals surface area contributed by atoms with Crippen molar-refractivity contribution in [3.63, 3.8) is 0 Å². The van der Waals surface area contributed by atoms with Gasteiger partial charge in [-0.25, -0.2) is 0 Å². The summed E-state index contributed by atoms with van der Waals surface area (Å²) in [5.41, 5.74) is 1.06. The van der Waals surface area contributed by atoms with Gasteiger partial charge in [0.25, 0.3) is 0 Å². The molecule has 0 saturated heterocycles. The molecule has 0 amide bonds. The Morgan fingerprint density at radius 3 is 2.62 bits per heavy atom. The summed E-state index contributed by atoms with van der Waals surface area (Å²) in [5.74, 6) is 0. The van der Waals surface area contributed by atoms with Crippen LogP contribution in [0.1, 0.15) is 17.9 Å². The van der Waals surface area contributed by atoms with Crippen LogP contribution in [0.2, 0.25) is 0 Å². The molecule has 1 atom stereocenters. The Kier molecular flexibility index (Phi) is 6.96. The number of halogens is 2. The summed E-state index contributed by atoms with van der Waals surface area (Å²) in [6.45, 7) is 3.21. The molecule has 1 aromatic heterocycles. The standard InChI is InChI=1S/C9H12ClNO.ClH/c1-2-12-7-9(10)8-3-5-11-6-4-8;/h3-6,9H,2,7H2,1H3;1H. The van der Waals surface area contributed by atoms with Gasteiger partial charge >= 0.3 is 0 Å². The molecule has 0 aliphatic rings. The average Bonchev–Trinajstić information content (AvgIpc) is 2.15. The Bertz CT molecular complexity index is 218. The van der Waals surface area contributed by atoms with Crippen LogP contribution in [0.3, 0.4) is 0 Å². The molecule has 74 valence electrons. The third-order valence-electron chi connectivity index (χ3n) is 1.54. The van der Waals surface area contributed by atoms with Gasteiger partial charge in [0.05, 0.1) is 12.0 Å². The maximum Gasteiger partial charge on any atom is 0.0820 e. The number of aromatic nitrogens is 1. The Labute approximate surface area is 89.7 Å². The van der Waals surface area contributed by atoms with Crippen LogP contribution in [0.4, 0.5) is 0 Å². The van der Waals surface area contributed by atoms with Crippen LogP contribution in [-0.4, -0.2) is 18.2 Å². The molecule has 2 nitrogen and oxygen atoms in total. The second kappa shape index (κ2) is 7.13. The van der Waals surface area contributed by atoms with Gasteiger partial charge in [0.15, 0.2) is 0 Å². The van der Waals surface area contributed by atoms with Crippen molar-refractivity contribution in [3.05, 3.63) is 30.1 Å². The Hall–Kier alpha value is -0.310. The zero-order valence-electron chi connectivity index (χ0n) is 7.44. The molecule has 0 aliphatic carbocycles. The minimum Gasteiger partial charge on any atom is -0.380 e. The third-order valence-corrected chi connectivity index (χ3v) is 1.91. The molecular weight excluding hydrogens is 209 g/mol. The Balaban J connectivity index is 0.00000144. The van der Waals surface area contributed by atoms with E-state index in [1.165, 1.54) is 0 Å². The predicted octanol–water partition coefficient (Wildman–Crippen LogP) is 2.82. The smallest absolute Gasteiger partial charge is 0.0820 e. The molecule has 0 N–H and O–H groups in total. The first-order chi connectivity index (χ1) is 5.84. The molecule has 0 bridgehead atoms. The van der Waals surface area contributed by atoms with Crippen LogP contribution in [0, 0.1) is 0 Å². The fraction of sp³-hybridized carbons (Fsp3) is 0.444. The van der Waals surface area contributed by atoms with Gasteiger partial charge in [-0.1, -0.05) is 0 Å². The van der Waals surface area contributed by atoms with Gasteiger partial charge in [0.1, 0.15) is 0 Å². The van der Waals surface area contributed by atoms with E-state index >= 15 is 0 Å². The predicted molar refractivity (Wildman–Crippen MR) is 56.6 cm³/mol. The van der Waals surface area contributed by atoms with Crippen molar-refractivity contribution in [2.75, 3.05) is 13.2 Å². The first-order valence-corrected chi connectivity index (χ1v) is 4.40. The van der Waals surface area contributed by atoms with Crippen LogP contribution in [-0.2, 0) is 4.74 Å². The van der Waals surface area contributed by atoms with E-state index in [0.29, 0.717) is 13.2 Å². The van der Waals surface area contributed by atoms with Crippen LogP contribution in [0.25, 0.3) is 0 Å². The monoisotopic (exact) mass is 221 g/mol. The summed E-state index contributed by atoms with van der Waals surface area (Å²) >= 11 is 6.03. The van der Waals surface area contributed by atoms with Gasteiger partial charge in [-0.2, -0.15) is 0 Å². The average molecular weight is 222 g/mol. The van der Waals surface area contributed by atoms with Gasteiger partial charge in [-0.05, 0) is 24.6 Å². The molecule has 0 fully saturated rings. The van der Waals surface area contributed by atoms with E-state index in [1.54, 1.807) is 12.4 Å². The van der Waals surface area contributed by atoms with Gasteiger partial charge in [-0.15, -0.1) is 24.0 Å². The van der Waals surface area contributed by atoms with E-state index in [2.05, 4.69) is 4.98 Å². The van der Waals surface area contributed by atoms with E-state index in [1.807, 2.05) is 19.1 Å². The minimum atomic E-state index is -0.0621. The van der Waals surface area contributed by atoms with Crippen molar-refractivity contribution < 1.29 is 4.74 Å². The largest absolute Gasteiger partial charge is 0.380 e. The fourth-order valence-electron chi connectivity index (χ4n) is 0.890. The number of pyridine rings is 1. The minimum absolute atomic E-state index is 0. The van der Waals surface area contributed by atoms with E-state index in [9.17, 15) is 0 Å². The van der Waals surface area contributed by atoms with E-state index in [4.69, 9.17) is 16.3 Å². The second-order valence-corrected chi connectivity index (χ2v) is 2.93. The molecule has 0 spiro atoms. The van der Waals surface area contributed by atoms with Crippen molar-refractivity contribution in [3.8, 4) is 0 Å².